The van der Waals surface area contributed by atoms with Gasteiger partial charge >= 0.3 is 39.5 Å². The molecule has 0 saturated carbocycles. The molecule has 19 heteroatoms. The van der Waals surface area contributed by atoms with E-state index in [0.29, 0.717) is 25.7 Å². The van der Waals surface area contributed by atoms with Crippen molar-refractivity contribution in [3.63, 3.8) is 0 Å². The van der Waals surface area contributed by atoms with Gasteiger partial charge in [-0.05, 0) is 37.5 Å². The summed E-state index contributed by atoms with van der Waals surface area (Å²) in [5, 5.41) is 10.5. The van der Waals surface area contributed by atoms with Crippen LogP contribution in [-0.2, 0) is 65.4 Å². The monoisotopic (exact) mass is 1210 g/mol. The Hall–Kier alpha value is -1.94. The normalized spacial score (nSPS) is 15.0. The molecule has 0 bridgehead atoms. The van der Waals surface area contributed by atoms with Gasteiger partial charge in [0.1, 0.15) is 19.3 Å². The molecule has 0 fully saturated rings. The summed E-state index contributed by atoms with van der Waals surface area (Å²) in [7, 11) is -9.87. The molecular weight excluding hydrogens is 1090 g/mol. The first-order valence-electron chi connectivity index (χ1n) is 33.1. The van der Waals surface area contributed by atoms with E-state index >= 15 is 0 Å². The first-order valence-corrected chi connectivity index (χ1v) is 36.1. The zero-order valence-electron chi connectivity index (χ0n) is 52.8. The fourth-order valence-electron chi connectivity index (χ4n) is 9.29. The molecule has 0 aliphatic rings. The molecule has 486 valence electrons. The molecule has 7 atom stereocenters. The lowest BCUT2D eigenvalue weighted by Gasteiger charge is -2.21. The molecule has 3 N–H and O–H groups in total. The van der Waals surface area contributed by atoms with E-state index in [0.717, 1.165) is 115 Å². The summed E-state index contributed by atoms with van der Waals surface area (Å²) in [5.41, 5.74) is 0. The summed E-state index contributed by atoms with van der Waals surface area (Å²) in [6.45, 7) is 9.40. The van der Waals surface area contributed by atoms with Crippen LogP contribution in [0.5, 0.6) is 0 Å². The molecule has 0 aliphatic carbocycles. The van der Waals surface area contributed by atoms with E-state index in [1.165, 1.54) is 116 Å². The van der Waals surface area contributed by atoms with Crippen molar-refractivity contribution in [3.05, 3.63) is 0 Å². The van der Waals surface area contributed by atoms with Crippen LogP contribution in [0.25, 0.3) is 0 Å². The van der Waals surface area contributed by atoms with Crippen molar-refractivity contribution in [2.75, 3.05) is 39.6 Å². The summed E-state index contributed by atoms with van der Waals surface area (Å²) in [6.07, 6.45) is 37.9. The molecule has 0 aromatic carbocycles. The minimum Gasteiger partial charge on any atom is -0.462 e. The van der Waals surface area contributed by atoms with Crippen molar-refractivity contribution < 1.29 is 80.2 Å². The zero-order valence-corrected chi connectivity index (χ0v) is 54.6. The number of phosphoric ester groups is 2. The molecule has 0 heterocycles. The number of ether oxygens (including phenoxy) is 4. The highest BCUT2D eigenvalue weighted by Crippen LogP contribution is 2.45. The molecule has 0 amide bonds. The van der Waals surface area contributed by atoms with E-state index in [-0.39, 0.29) is 25.7 Å². The Morgan fingerprint density at radius 2 is 0.585 bits per heavy atom. The van der Waals surface area contributed by atoms with Gasteiger partial charge in [0.2, 0.25) is 0 Å². The van der Waals surface area contributed by atoms with Gasteiger partial charge in [0.05, 0.1) is 26.4 Å². The Kier molecular flexibility index (Phi) is 54.3. The zero-order chi connectivity index (χ0) is 60.8. The van der Waals surface area contributed by atoms with Gasteiger partial charge in [0.25, 0.3) is 0 Å². The lowest BCUT2D eigenvalue weighted by atomic mass is 9.99. The van der Waals surface area contributed by atoms with Crippen LogP contribution in [0.4, 0.5) is 0 Å². The quantitative estimate of drug-likeness (QED) is 0.0222. The SMILES string of the molecule is CCCCCCCCCCCC(=O)O[C@H](COC(=O)CCCCCCC)COP(=O)(O)OC[C@H](O)COP(=O)(O)OC[C@@H](COC(=O)CCCCCCCCC(C)CC)OC(=O)CCCCCCCCCCCCCCCCC(C)CC. The van der Waals surface area contributed by atoms with Crippen LogP contribution in [0, 0.1) is 11.8 Å². The van der Waals surface area contributed by atoms with Gasteiger partial charge in [-0.25, -0.2) is 9.13 Å². The van der Waals surface area contributed by atoms with Crippen molar-refractivity contribution in [1.29, 1.82) is 0 Å². The Labute approximate surface area is 498 Å². The lowest BCUT2D eigenvalue weighted by molar-refractivity contribution is -0.161. The second kappa shape index (κ2) is 55.6. The summed E-state index contributed by atoms with van der Waals surface area (Å²) in [6, 6.07) is 0. The van der Waals surface area contributed by atoms with Gasteiger partial charge in [-0.15, -0.1) is 0 Å². The third-order valence-corrected chi connectivity index (χ3v) is 17.1. The standard InChI is InChI=1S/C63H122O17P2/c1-7-11-13-15-16-23-27-35-41-47-62(67)79-58(51-73-60(65)45-39-31-14-12-8-2)53-77-81(69,70)75-49-57(64)50-76-82(71,72)78-54-59(52-74-61(66)46-40-34-30-29-33-38-44-56(6)10-4)80-63(68)48-42-36-28-25-22-20-18-17-19-21-24-26-32-37-43-55(5)9-3/h55-59,64H,7-54H2,1-6H3,(H,69,70)(H,71,72)/t55?,56?,57-,58+,59+/m0/s1. The Bertz CT molecular complexity index is 1620. The van der Waals surface area contributed by atoms with E-state index in [9.17, 15) is 43.2 Å². The molecule has 0 aromatic rings. The first-order chi connectivity index (χ1) is 39.4. The number of unbranched alkanes of at least 4 members (excludes halogenated alkanes) is 30. The lowest BCUT2D eigenvalue weighted by Crippen LogP contribution is -2.30. The molecule has 0 saturated heterocycles. The number of hydrogen-bond donors (Lipinski definition) is 3. The number of carbonyl (C=O) groups is 4. The predicted octanol–water partition coefficient (Wildman–Crippen LogP) is 17.3. The molecule has 0 aliphatic heterocycles. The number of aliphatic hydroxyl groups is 1. The molecule has 4 unspecified atom stereocenters. The molecule has 0 rings (SSSR count). The predicted molar refractivity (Wildman–Crippen MR) is 326 cm³/mol. The summed E-state index contributed by atoms with van der Waals surface area (Å²) in [5.74, 6) is -0.571. The van der Waals surface area contributed by atoms with Crippen LogP contribution in [0.2, 0.25) is 0 Å². The summed E-state index contributed by atoms with van der Waals surface area (Å²) in [4.78, 5) is 71.8. The number of rotatable bonds is 62. The molecule has 82 heavy (non-hydrogen) atoms. The number of aliphatic hydroxyl groups excluding tert-OH is 1. The highest BCUT2D eigenvalue weighted by molar-refractivity contribution is 7.47. The maximum Gasteiger partial charge on any atom is 0.472 e. The van der Waals surface area contributed by atoms with Crippen LogP contribution in [0.15, 0.2) is 0 Å². The van der Waals surface area contributed by atoms with Gasteiger partial charge in [-0.2, -0.15) is 0 Å². The highest BCUT2D eigenvalue weighted by Gasteiger charge is 2.30. The fraction of sp³-hybridized carbons (Fsp3) is 0.937. The number of phosphoric acid groups is 2. The van der Waals surface area contributed by atoms with Crippen LogP contribution in [-0.4, -0.2) is 96.7 Å². The molecule has 0 aromatic heterocycles. The third-order valence-electron chi connectivity index (χ3n) is 15.2. The van der Waals surface area contributed by atoms with E-state index in [1.807, 2.05) is 0 Å². The first kappa shape index (κ1) is 80.1. The van der Waals surface area contributed by atoms with Gasteiger partial charge in [0.15, 0.2) is 12.2 Å². The Balaban J connectivity index is 5.14. The van der Waals surface area contributed by atoms with Crippen LogP contribution >= 0.6 is 15.6 Å². The second-order valence-electron chi connectivity index (χ2n) is 23.3. The smallest absolute Gasteiger partial charge is 0.462 e. The number of esters is 4. The van der Waals surface area contributed by atoms with Crippen molar-refractivity contribution in [1.82, 2.24) is 0 Å². The van der Waals surface area contributed by atoms with E-state index in [2.05, 4.69) is 41.5 Å². The van der Waals surface area contributed by atoms with E-state index in [1.54, 1.807) is 0 Å². The maximum atomic E-state index is 13.0. The minimum absolute atomic E-state index is 0.104. The van der Waals surface area contributed by atoms with Crippen LogP contribution in [0.1, 0.15) is 311 Å². The van der Waals surface area contributed by atoms with Crippen molar-refractivity contribution in [2.45, 2.75) is 330 Å². The molecule has 0 radical (unpaired) electrons. The third kappa shape index (κ3) is 54.7. The average Bonchev–Trinajstić information content (AvgIpc) is 3.45. The molecule has 17 nitrogen and oxygen atoms in total. The van der Waals surface area contributed by atoms with Crippen LogP contribution in [0.3, 0.4) is 0 Å². The highest BCUT2D eigenvalue weighted by atomic mass is 31.2. The molecule has 0 spiro atoms. The van der Waals surface area contributed by atoms with Gasteiger partial charge in [-0.3, -0.25) is 37.3 Å². The van der Waals surface area contributed by atoms with Crippen molar-refractivity contribution in [3.8, 4) is 0 Å². The van der Waals surface area contributed by atoms with Crippen LogP contribution < -0.4 is 0 Å². The van der Waals surface area contributed by atoms with Gasteiger partial charge < -0.3 is 33.8 Å². The largest absolute Gasteiger partial charge is 0.472 e. The van der Waals surface area contributed by atoms with Gasteiger partial charge in [0, 0.05) is 25.7 Å². The Morgan fingerprint density at radius 1 is 0.341 bits per heavy atom. The second-order valence-corrected chi connectivity index (χ2v) is 26.2. The topological polar surface area (TPSA) is 237 Å². The average molecular weight is 1210 g/mol. The Morgan fingerprint density at radius 3 is 0.866 bits per heavy atom. The van der Waals surface area contributed by atoms with Crippen molar-refractivity contribution >= 4 is 39.5 Å². The summed E-state index contributed by atoms with van der Waals surface area (Å²) >= 11 is 0. The fourth-order valence-corrected chi connectivity index (χ4v) is 10.9. The molecular formula is C63H122O17P2. The number of carbonyl (C=O) groups excluding carboxylic acids is 4. The van der Waals surface area contributed by atoms with Crippen molar-refractivity contribution in [2.24, 2.45) is 11.8 Å². The van der Waals surface area contributed by atoms with Gasteiger partial charge in [-0.1, -0.05) is 260 Å². The summed E-state index contributed by atoms with van der Waals surface area (Å²) < 4.78 is 67.7. The van der Waals surface area contributed by atoms with E-state index in [4.69, 9.17) is 37.0 Å². The number of hydrogen-bond acceptors (Lipinski definition) is 15. The minimum atomic E-state index is -4.94. The maximum absolute atomic E-state index is 13.0. The van der Waals surface area contributed by atoms with E-state index < -0.39 is 97.5 Å².